The first-order valence-corrected chi connectivity index (χ1v) is 7.66. The number of aromatic nitrogens is 2. The second-order valence-corrected chi connectivity index (χ2v) is 6.57. The van der Waals surface area contributed by atoms with Gasteiger partial charge in [0, 0.05) is 23.7 Å². The summed E-state index contributed by atoms with van der Waals surface area (Å²) in [5.74, 6) is -1.87. The fourth-order valence-corrected chi connectivity index (χ4v) is 3.93. The van der Waals surface area contributed by atoms with E-state index in [9.17, 15) is 17.2 Å². The molecule has 0 saturated heterocycles. The topological polar surface area (TPSA) is 64.0 Å². The van der Waals surface area contributed by atoms with Gasteiger partial charge in [-0.2, -0.15) is 5.10 Å². The zero-order valence-corrected chi connectivity index (χ0v) is 12.9. The van der Waals surface area contributed by atoms with Gasteiger partial charge in [0.15, 0.2) is 0 Å². The summed E-state index contributed by atoms with van der Waals surface area (Å²) in [5, 5.41) is 3.97. The van der Waals surface area contributed by atoms with Crippen LogP contribution >= 0.6 is 15.9 Å². The Balaban J connectivity index is 2.49. The lowest BCUT2D eigenvalue weighted by Crippen LogP contribution is -2.17. The molecule has 2 aromatic rings. The highest BCUT2D eigenvalue weighted by Crippen LogP contribution is 2.28. The van der Waals surface area contributed by atoms with Crippen LogP contribution in [0.5, 0.6) is 0 Å². The number of rotatable bonds is 3. The van der Waals surface area contributed by atoms with Crippen LogP contribution in [0.25, 0.3) is 0 Å². The third-order valence-electron chi connectivity index (χ3n) is 2.47. The Morgan fingerprint density at radius 1 is 1.30 bits per heavy atom. The zero-order chi connectivity index (χ0) is 15.1. The average molecular weight is 366 g/mol. The van der Waals surface area contributed by atoms with Crippen LogP contribution in [0.3, 0.4) is 0 Å². The van der Waals surface area contributed by atoms with Crippen molar-refractivity contribution in [3.05, 3.63) is 40.0 Å². The van der Waals surface area contributed by atoms with Crippen molar-refractivity contribution < 1.29 is 17.2 Å². The maximum atomic E-state index is 13.7. The summed E-state index contributed by atoms with van der Waals surface area (Å²) in [4.78, 5) is -0.655. The van der Waals surface area contributed by atoms with Crippen molar-refractivity contribution in [3.63, 3.8) is 0 Å². The molecule has 0 fully saturated rings. The van der Waals surface area contributed by atoms with Crippen molar-refractivity contribution in [2.24, 2.45) is 7.05 Å². The molecule has 0 radical (unpaired) electrons. The second kappa shape index (κ2) is 5.13. The van der Waals surface area contributed by atoms with Gasteiger partial charge in [0.05, 0.1) is 5.69 Å². The van der Waals surface area contributed by atoms with Crippen LogP contribution in [-0.2, 0) is 17.1 Å². The van der Waals surface area contributed by atoms with Gasteiger partial charge in [-0.3, -0.25) is 9.40 Å². The number of hydrogen-bond acceptors (Lipinski definition) is 3. The van der Waals surface area contributed by atoms with E-state index in [1.54, 1.807) is 14.0 Å². The predicted molar refractivity (Wildman–Crippen MR) is 72.8 cm³/mol. The predicted octanol–water partition coefficient (Wildman–Crippen LogP) is 2.57. The quantitative estimate of drug-likeness (QED) is 0.908. The van der Waals surface area contributed by atoms with Gasteiger partial charge in [-0.25, -0.2) is 17.2 Å². The van der Waals surface area contributed by atoms with E-state index in [0.29, 0.717) is 11.8 Å². The Hall–Kier alpha value is -1.48. The molecule has 1 N–H and O–H groups in total. The molecule has 0 bridgehead atoms. The van der Waals surface area contributed by atoms with Gasteiger partial charge in [0.2, 0.25) is 0 Å². The molecule has 5 nitrogen and oxygen atoms in total. The van der Waals surface area contributed by atoms with Gasteiger partial charge < -0.3 is 0 Å². The number of anilines is 1. The lowest BCUT2D eigenvalue weighted by atomic mass is 10.3. The summed E-state index contributed by atoms with van der Waals surface area (Å²) in [7, 11) is -2.66. The van der Waals surface area contributed by atoms with Crippen LogP contribution in [0.1, 0.15) is 5.69 Å². The van der Waals surface area contributed by atoms with Crippen LogP contribution < -0.4 is 4.72 Å². The number of benzene rings is 1. The molecule has 0 spiro atoms. The molecule has 1 aromatic carbocycles. The standard InChI is InChI=1S/C11H10BrF2N3O2S/c1-6-3-10(17(2)15-6)16-20(18,19)11-8(12)4-7(13)5-9(11)14/h3-5,16H,1-2H3. The van der Waals surface area contributed by atoms with E-state index >= 15 is 0 Å². The summed E-state index contributed by atoms with van der Waals surface area (Å²) in [6.45, 7) is 1.69. The minimum atomic E-state index is -4.20. The molecule has 0 atom stereocenters. The van der Waals surface area contributed by atoms with Gasteiger partial charge in [-0.05, 0) is 28.9 Å². The second-order valence-electron chi connectivity index (χ2n) is 4.10. The lowest BCUT2D eigenvalue weighted by molar-refractivity contribution is 0.548. The molecule has 2 rings (SSSR count). The number of nitrogens with zero attached hydrogens (tertiary/aromatic N) is 2. The molecule has 108 valence electrons. The molecular formula is C11H10BrF2N3O2S. The van der Waals surface area contributed by atoms with Crippen LogP contribution in [-0.4, -0.2) is 18.2 Å². The Kier molecular flexibility index (Phi) is 3.83. The highest BCUT2D eigenvalue weighted by molar-refractivity contribution is 9.10. The van der Waals surface area contributed by atoms with Crippen molar-refractivity contribution >= 4 is 31.8 Å². The van der Waals surface area contributed by atoms with Crippen LogP contribution in [0.4, 0.5) is 14.6 Å². The molecule has 0 aliphatic heterocycles. The smallest absolute Gasteiger partial charge is 0.263 e. The Labute approximate surface area is 122 Å². The van der Waals surface area contributed by atoms with Gasteiger partial charge in [-0.15, -0.1) is 0 Å². The van der Waals surface area contributed by atoms with Gasteiger partial charge in [0.25, 0.3) is 10.0 Å². The third kappa shape index (κ3) is 2.83. The molecule has 1 heterocycles. The fourth-order valence-electron chi connectivity index (χ4n) is 1.68. The van der Waals surface area contributed by atoms with Crippen LogP contribution in [0, 0.1) is 18.6 Å². The Bertz CT molecular complexity index is 751. The first kappa shape index (κ1) is 14.9. The zero-order valence-electron chi connectivity index (χ0n) is 10.5. The van der Waals surface area contributed by atoms with Crippen molar-refractivity contribution in [2.45, 2.75) is 11.8 Å². The van der Waals surface area contributed by atoms with E-state index in [-0.39, 0.29) is 10.3 Å². The normalized spacial score (nSPS) is 11.7. The fraction of sp³-hybridized carbons (Fsp3) is 0.182. The molecule has 0 aliphatic carbocycles. The lowest BCUT2D eigenvalue weighted by Gasteiger charge is -2.10. The summed E-state index contributed by atoms with van der Waals surface area (Å²) in [5.41, 5.74) is 0.601. The minimum absolute atomic E-state index is 0.179. The van der Waals surface area contributed by atoms with E-state index in [4.69, 9.17) is 0 Å². The Morgan fingerprint density at radius 2 is 1.95 bits per heavy atom. The maximum Gasteiger partial charge on any atom is 0.267 e. The first-order valence-electron chi connectivity index (χ1n) is 5.39. The molecule has 20 heavy (non-hydrogen) atoms. The highest BCUT2D eigenvalue weighted by Gasteiger charge is 2.24. The van der Waals surface area contributed by atoms with E-state index < -0.39 is 26.6 Å². The largest absolute Gasteiger partial charge is 0.267 e. The SMILES string of the molecule is Cc1cc(NS(=O)(=O)c2c(F)cc(F)cc2Br)n(C)n1. The van der Waals surface area contributed by atoms with Crippen molar-refractivity contribution in [1.82, 2.24) is 9.78 Å². The molecule has 1 aromatic heterocycles. The molecule has 9 heteroatoms. The number of nitrogens with one attached hydrogen (secondary N) is 1. The van der Waals surface area contributed by atoms with Gasteiger partial charge in [0.1, 0.15) is 22.3 Å². The number of aryl methyl sites for hydroxylation is 2. The third-order valence-corrected chi connectivity index (χ3v) is 4.79. The van der Waals surface area contributed by atoms with Gasteiger partial charge >= 0.3 is 0 Å². The molecule has 0 saturated carbocycles. The Morgan fingerprint density at radius 3 is 2.45 bits per heavy atom. The molecule has 0 amide bonds. The summed E-state index contributed by atoms with van der Waals surface area (Å²) in [6.07, 6.45) is 0. The highest BCUT2D eigenvalue weighted by atomic mass is 79.9. The minimum Gasteiger partial charge on any atom is -0.263 e. The molecule has 0 aliphatic rings. The van der Waals surface area contributed by atoms with E-state index in [1.807, 2.05) is 0 Å². The number of halogens is 3. The maximum absolute atomic E-state index is 13.7. The summed E-state index contributed by atoms with van der Waals surface area (Å²) in [6, 6.07) is 2.88. The van der Waals surface area contributed by atoms with Crippen molar-refractivity contribution in [3.8, 4) is 0 Å². The summed E-state index contributed by atoms with van der Waals surface area (Å²) >= 11 is 2.85. The van der Waals surface area contributed by atoms with E-state index in [1.165, 1.54) is 10.7 Å². The van der Waals surface area contributed by atoms with Crippen molar-refractivity contribution in [2.75, 3.05) is 4.72 Å². The van der Waals surface area contributed by atoms with E-state index in [0.717, 1.165) is 6.07 Å². The number of sulfonamides is 1. The first-order chi connectivity index (χ1) is 9.20. The van der Waals surface area contributed by atoms with Crippen molar-refractivity contribution in [1.29, 1.82) is 0 Å². The van der Waals surface area contributed by atoms with Crippen LogP contribution in [0.15, 0.2) is 27.6 Å². The molecule has 0 unspecified atom stereocenters. The van der Waals surface area contributed by atoms with E-state index in [2.05, 4.69) is 25.8 Å². The van der Waals surface area contributed by atoms with Crippen LogP contribution in [0.2, 0.25) is 0 Å². The molecular weight excluding hydrogens is 356 g/mol. The summed E-state index contributed by atoms with van der Waals surface area (Å²) < 4.78 is 54.4. The average Bonchev–Trinajstić information content (AvgIpc) is 2.53. The monoisotopic (exact) mass is 365 g/mol. The number of hydrogen-bond donors (Lipinski definition) is 1. The van der Waals surface area contributed by atoms with Gasteiger partial charge in [-0.1, -0.05) is 0 Å².